The van der Waals surface area contributed by atoms with Gasteiger partial charge in [-0.3, -0.25) is 0 Å². The summed E-state index contributed by atoms with van der Waals surface area (Å²) in [4.78, 5) is 1.29. The predicted octanol–water partition coefficient (Wildman–Crippen LogP) is 3.10. The van der Waals surface area contributed by atoms with E-state index in [1.807, 2.05) is 12.4 Å². The molecule has 0 aliphatic carbocycles. The number of thiophene rings is 1. The van der Waals surface area contributed by atoms with Gasteiger partial charge in [-0.15, -0.1) is 11.3 Å². The molecule has 0 saturated heterocycles. The first kappa shape index (κ1) is 17.6. The third-order valence-corrected chi connectivity index (χ3v) is 5.85. The molecule has 0 bridgehead atoms. The Balaban J connectivity index is 2.82. The topological polar surface area (TPSA) is 58.2 Å². The highest BCUT2D eigenvalue weighted by Crippen LogP contribution is 2.22. The Morgan fingerprint density at radius 3 is 2.60 bits per heavy atom. The van der Waals surface area contributed by atoms with Gasteiger partial charge in [0.15, 0.2) is 0 Å². The van der Waals surface area contributed by atoms with Gasteiger partial charge in [-0.2, -0.15) is 0 Å². The van der Waals surface area contributed by atoms with Crippen molar-refractivity contribution in [3.8, 4) is 0 Å². The van der Waals surface area contributed by atoms with Crippen molar-refractivity contribution in [2.24, 2.45) is 0 Å². The first-order valence-corrected chi connectivity index (χ1v) is 9.64. The molecular weight excluding hydrogens is 292 g/mol. The number of hydrogen-bond donors (Lipinski definition) is 2. The van der Waals surface area contributed by atoms with Crippen molar-refractivity contribution in [1.82, 2.24) is 10.0 Å². The molecule has 0 aliphatic heterocycles. The van der Waals surface area contributed by atoms with Crippen LogP contribution >= 0.6 is 11.3 Å². The number of hydrogen-bond acceptors (Lipinski definition) is 4. The predicted molar refractivity (Wildman–Crippen MR) is 85.6 cm³/mol. The number of unbranched alkanes of at least 4 members (excludes halogenated alkanes) is 1. The summed E-state index contributed by atoms with van der Waals surface area (Å²) in [6.45, 7) is 4.80. The van der Waals surface area contributed by atoms with Gasteiger partial charge in [-0.05, 0) is 31.3 Å². The van der Waals surface area contributed by atoms with Crippen LogP contribution in [-0.2, 0) is 16.6 Å². The maximum Gasteiger partial charge on any atom is 0.241 e. The lowest BCUT2D eigenvalue weighted by Crippen LogP contribution is -2.35. The minimum absolute atomic E-state index is 0.0484. The molecule has 116 valence electrons. The molecular formula is C14H26N2O2S2. The molecule has 0 radical (unpaired) electrons. The zero-order valence-electron chi connectivity index (χ0n) is 12.6. The van der Waals surface area contributed by atoms with Gasteiger partial charge in [0.05, 0.1) is 4.90 Å². The molecule has 1 atom stereocenters. The van der Waals surface area contributed by atoms with Gasteiger partial charge in [0, 0.05) is 17.5 Å². The minimum Gasteiger partial charge on any atom is -0.315 e. The Morgan fingerprint density at radius 1 is 1.25 bits per heavy atom. The lowest BCUT2D eigenvalue weighted by Gasteiger charge is -2.18. The normalized spacial score (nSPS) is 13.6. The molecule has 0 spiro atoms. The molecule has 0 amide bonds. The van der Waals surface area contributed by atoms with Crippen LogP contribution in [0.4, 0.5) is 0 Å². The summed E-state index contributed by atoms with van der Waals surface area (Å²) in [6, 6.07) is 1.75. The summed E-state index contributed by atoms with van der Waals surface area (Å²) in [7, 11) is -1.58. The SMILES string of the molecule is CCCCC(CCC)NS(=O)(=O)c1ccsc1CNC. The highest BCUT2D eigenvalue weighted by Gasteiger charge is 2.22. The van der Waals surface area contributed by atoms with Crippen molar-refractivity contribution in [1.29, 1.82) is 0 Å². The van der Waals surface area contributed by atoms with E-state index >= 15 is 0 Å². The van der Waals surface area contributed by atoms with Gasteiger partial charge in [-0.1, -0.05) is 33.1 Å². The second-order valence-electron chi connectivity index (χ2n) is 4.99. The van der Waals surface area contributed by atoms with Gasteiger partial charge in [-0.25, -0.2) is 13.1 Å². The van der Waals surface area contributed by atoms with E-state index in [9.17, 15) is 8.42 Å². The first-order valence-electron chi connectivity index (χ1n) is 7.28. The Morgan fingerprint density at radius 2 is 2.00 bits per heavy atom. The molecule has 1 unspecified atom stereocenters. The number of sulfonamides is 1. The number of rotatable bonds is 10. The summed E-state index contributed by atoms with van der Waals surface area (Å²) >= 11 is 1.48. The average molecular weight is 319 g/mol. The highest BCUT2D eigenvalue weighted by atomic mass is 32.2. The summed E-state index contributed by atoms with van der Waals surface area (Å²) in [5.74, 6) is 0. The van der Waals surface area contributed by atoms with Gasteiger partial charge >= 0.3 is 0 Å². The van der Waals surface area contributed by atoms with E-state index < -0.39 is 10.0 Å². The van der Waals surface area contributed by atoms with Gasteiger partial charge in [0.25, 0.3) is 0 Å². The molecule has 1 aromatic heterocycles. The smallest absolute Gasteiger partial charge is 0.241 e. The quantitative estimate of drug-likeness (QED) is 0.697. The molecule has 1 heterocycles. The monoisotopic (exact) mass is 318 g/mol. The second kappa shape index (κ2) is 8.77. The fourth-order valence-electron chi connectivity index (χ4n) is 2.20. The zero-order valence-corrected chi connectivity index (χ0v) is 14.2. The van der Waals surface area contributed by atoms with Gasteiger partial charge in [0.1, 0.15) is 0 Å². The Bertz CT molecular complexity index is 483. The Labute approximate surface area is 127 Å². The lowest BCUT2D eigenvalue weighted by atomic mass is 10.1. The lowest BCUT2D eigenvalue weighted by molar-refractivity contribution is 0.483. The minimum atomic E-state index is -3.40. The summed E-state index contributed by atoms with van der Waals surface area (Å²) in [6.07, 6.45) is 4.94. The van der Waals surface area contributed by atoms with E-state index in [4.69, 9.17) is 0 Å². The average Bonchev–Trinajstić information content (AvgIpc) is 2.85. The summed E-state index contributed by atoms with van der Waals surface area (Å²) < 4.78 is 27.9. The van der Waals surface area contributed by atoms with E-state index in [1.54, 1.807) is 6.07 Å². The van der Waals surface area contributed by atoms with Crippen molar-refractivity contribution in [2.45, 2.75) is 63.4 Å². The van der Waals surface area contributed by atoms with E-state index in [-0.39, 0.29) is 6.04 Å². The molecule has 0 aliphatic rings. The van der Waals surface area contributed by atoms with Crippen LogP contribution in [0.1, 0.15) is 50.8 Å². The molecule has 20 heavy (non-hydrogen) atoms. The maximum atomic E-state index is 12.5. The van der Waals surface area contributed by atoms with Gasteiger partial charge in [0.2, 0.25) is 10.0 Å². The fourth-order valence-corrected chi connectivity index (χ4v) is 4.96. The highest BCUT2D eigenvalue weighted by molar-refractivity contribution is 7.89. The number of nitrogens with one attached hydrogen (secondary N) is 2. The Hall–Kier alpha value is -0.430. The summed E-state index contributed by atoms with van der Waals surface area (Å²) in [5.41, 5.74) is 0. The van der Waals surface area contributed by atoms with Crippen LogP contribution in [0.5, 0.6) is 0 Å². The van der Waals surface area contributed by atoms with Crippen LogP contribution in [0.15, 0.2) is 16.3 Å². The largest absolute Gasteiger partial charge is 0.315 e. The van der Waals surface area contributed by atoms with Crippen LogP contribution in [0.25, 0.3) is 0 Å². The standard InChI is InChI=1S/C14H26N2O2S2/c1-4-6-8-12(7-5-2)16-20(17,18)14-9-10-19-13(14)11-15-3/h9-10,12,15-16H,4-8,11H2,1-3H3. The molecule has 6 heteroatoms. The van der Waals surface area contributed by atoms with Crippen molar-refractivity contribution in [3.05, 3.63) is 16.3 Å². The third-order valence-electron chi connectivity index (χ3n) is 3.20. The first-order chi connectivity index (χ1) is 9.55. The molecule has 0 saturated carbocycles. The fraction of sp³-hybridized carbons (Fsp3) is 0.714. The maximum absolute atomic E-state index is 12.5. The molecule has 2 N–H and O–H groups in total. The van der Waals surface area contributed by atoms with E-state index in [0.29, 0.717) is 11.4 Å². The molecule has 0 fully saturated rings. The van der Waals surface area contributed by atoms with Crippen LogP contribution in [0.2, 0.25) is 0 Å². The van der Waals surface area contributed by atoms with Crippen LogP contribution in [-0.4, -0.2) is 21.5 Å². The molecule has 1 rings (SSSR count). The molecule has 1 aromatic rings. The zero-order chi connectivity index (χ0) is 15.0. The van der Waals surface area contributed by atoms with E-state index in [2.05, 4.69) is 23.9 Å². The van der Waals surface area contributed by atoms with Crippen molar-refractivity contribution in [3.63, 3.8) is 0 Å². The van der Waals surface area contributed by atoms with Crippen LogP contribution in [0.3, 0.4) is 0 Å². The van der Waals surface area contributed by atoms with Gasteiger partial charge < -0.3 is 5.32 Å². The van der Waals surface area contributed by atoms with E-state index in [0.717, 1.165) is 37.0 Å². The molecule has 4 nitrogen and oxygen atoms in total. The second-order valence-corrected chi connectivity index (χ2v) is 7.67. The van der Waals surface area contributed by atoms with E-state index in [1.165, 1.54) is 11.3 Å². The molecule has 0 aromatic carbocycles. The Kier molecular flexibility index (Phi) is 7.72. The van der Waals surface area contributed by atoms with Crippen molar-refractivity contribution >= 4 is 21.4 Å². The van der Waals surface area contributed by atoms with Crippen LogP contribution in [0, 0.1) is 0 Å². The summed E-state index contributed by atoms with van der Waals surface area (Å²) in [5, 5.41) is 4.85. The van der Waals surface area contributed by atoms with Crippen molar-refractivity contribution in [2.75, 3.05) is 7.05 Å². The van der Waals surface area contributed by atoms with Crippen molar-refractivity contribution < 1.29 is 8.42 Å². The third kappa shape index (κ3) is 5.16. The van der Waals surface area contributed by atoms with Crippen LogP contribution < -0.4 is 10.0 Å².